The fraction of sp³-hybridized carbons (Fsp3) is 0.533. The van der Waals surface area contributed by atoms with E-state index in [1.165, 1.54) is 11.8 Å². The molecule has 348 valence electrons. The van der Waals surface area contributed by atoms with Crippen LogP contribution in [0, 0.1) is 17.2 Å². The predicted octanol–water partition coefficient (Wildman–Crippen LogP) is 1.51. The van der Waals surface area contributed by atoms with Gasteiger partial charge in [0.1, 0.15) is 30.2 Å². The van der Waals surface area contributed by atoms with Crippen molar-refractivity contribution in [2.45, 2.75) is 109 Å². The Bertz CT molecular complexity index is 1770. The van der Waals surface area contributed by atoms with Crippen LogP contribution in [0.15, 0.2) is 78.6 Å². The summed E-state index contributed by atoms with van der Waals surface area (Å²) in [6.07, 6.45) is 14.2. The Labute approximate surface area is 377 Å². The van der Waals surface area contributed by atoms with Gasteiger partial charge in [-0.2, -0.15) is 11.8 Å². The van der Waals surface area contributed by atoms with Gasteiger partial charge in [0, 0.05) is 38.0 Å². The number of carbonyl (C=O) groups is 6. The highest BCUT2D eigenvalue weighted by Crippen LogP contribution is 2.18. The van der Waals surface area contributed by atoms with Crippen LogP contribution in [0.1, 0.15) is 77.7 Å². The van der Waals surface area contributed by atoms with Gasteiger partial charge in [0.2, 0.25) is 35.4 Å². The van der Waals surface area contributed by atoms with Crippen molar-refractivity contribution in [1.29, 1.82) is 5.41 Å². The van der Waals surface area contributed by atoms with E-state index in [0.717, 1.165) is 5.56 Å². The molecule has 1 aliphatic heterocycles. The average Bonchev–Trinajstić information content (AvgIpc) is 3.35. The Morgan fingerprint density at radius 2 is 1.40 bits per heavy atom. The van der Waals surface area contributed by atoms with Gasteiger partial charge in [0.25, 0.3) is 0 Å². The molecule has 0 unspecified atom stereocenters. The number of hydrogen-bond donors (Lipinski definition) is 11. The normalized spacial score (nSPS) is 17.6. The van der Waals surface area contributed by atoms with Gasteiger partial charge in [-0.3, -0.25) is 34.2 Å². The number of allylic oxidation sites excluding steroid dienone is 4. The number of thioether (sulfide) groups is 1. The zero-order valence-corrected chi connectivity index (χ0v) is 38.1. The molecule has 63 heavy (non-hydrogen) atoms. The van der Waals surface area contributed by atoms with E-state index < -0.39 is 65.7 Å². The van der Waals surface area contributed by atoms with Gasteiger partial charge in [-0.15, -0.1) is 0 Å². The van der Waals surface area contributed by atoms with Crippen LogP contribution in [0.4, 0.5) is 0 Å². The highest BCUT2D eigenvalue weighted by atomic mass is 32.2. The fourth-order valence-electron chi connectivity index (χ4n) is 6.59. The van der Waals surface area contributed by atoms with Crippen molar-refractivity contribution >= 4 is 53.2 Å². The van der Waals surface area contributed by atoms with Crippen molar-refractivity contribution in [2.75, 3.05) is 31.6 Å². The number of hydrogen-bond acceptors (Lipinski definition) is 10. The second-order valence-corrected chi connectivity index (χ2v) is 16.7. The zero-order valence-electron chi connectivity index (χ0n) is 37.3. The Morgan fingerprint density at radius 3 is 2.02 bits per heavy atom. The van der Waals surface area contributed by atoms with Crippen LogP contribution in [0.3, 0.4) is 0 Å². The Morgan fingerprint density at radius 1 is 0.794 bits per heavy atom. The van der Waals surface area contributed by atoms with Crippen LogP contribution < -0.4 is 54.4 Å². The molecule has 14 N–H and O–H groups in total. The van der Waals surface area contributed by atoms with Gasteiger partial charge in [0.05, 0.1) is 0 Å². The first-order valence-corrected chi connectivity index (χ1v) is 23.1. The Balaban J connectivity index is 2.48. The van der Waals surface area contributed by atoms with Crippen LogP contribution in [0.25, 0.3) is 0 Å². The largest absolute Gasteiger partial charge is 0.387 e. The number of guanidine groups is 1. The average molecular weight is 894 g/mol. The molecule has 0 saturated carbocycles. The van der Waals surface area contributed by atoms with E-state index in [-0.39, 0.29) is 43.5 Å². The molecule has 18 heteroatoms. The van der Waals surface area contributed by atoms with Crippen molar-refractivity contribution in [2.24, 2.45) is 29.0 Å². The topological polar surface area (TPSA) is 289 Å². The second kappa shape index (κ2) is 29.6. The quantitative estimate of drug-likeness (QED) is 0.0326. The predicted molar refractivity (Wildman–Crippen MR) is 251 cm³/mol. The Kier molecular flexibility index (Phi) is 25.2. The minimum Gasteiger partial charge on any atom is -0.387 e. The summed E-state index contributed by atoms with van der Waals surface area (Å²) >= 11 is 1.46. The second-order valence-electron chi connectivity index (χ2n) is 15.8. The van der Waals surface area contributed by atoms with E-state index in [1.807, 2.05) is 61.7 Å². The summed E-state index contributed by atoms with van der Waals surface area (Å²) in [5, 5.41) is 27.4. The van der Waals surface area contributed by atoms with Gasteiger partial charge < -0.3 is 54.4 Å². The fourth-order valence-corrected chi connectivity index (χ4v) is 7.06. The van der Waals surface area contributed by atoms with Crippen molar-refractivity contribution in [3.05, 3.63) is 84.1 Å². The van der Waals surface area contributed by atoms with E-state index in [1.54, 1.807) is 26.1 Å². The maximum Gasteiger partial charge on any atom is 0.243 e. The van der Waals surface area contributed by atoms with Crippen LogP contribution in [-0.2, 0) is 35.2 Å². The molecule has 0 aliphatic carbocycles. The zero-order chi connectivity index (χ0) is 46.7. The maximum atomic E-state index is 14.5. The van der Waals surface area contributed by atoms with Gasteiger partial charge >= 0.3 is 0 Å². The summed E-state index contributed by atoms with van der Waals surface area (Å²) in [4.78, 5) is 82.6. The molecule has 0 spiro atoms. The Hall–Kier alpha value is -5.62. The van der Waals surface area contributed by atoms with Gasteiger partial charge in [-0.25, -0.2) is 0 Å². The third-order valence-electron chi connectivity index (χ3n) is 10.7. The molecule has 0 fully saturated rings. The van der Waals surface area contributed by atoms with Crippen molar-refractivity contribution < 1.29 is 28.8 Å². The standard InChI is InChI=1S/C45H71N11O6S/c1-6-29(2)38(39(47)57)56-44(62)36(26-32-18-10-7-11-19-32)54-42(60)35(21-25-63-5)53-43(61)37(27-33-28-50-23-14-8-9-16-30(33)3)55-41(59)34(20-12-13-22-46)52-40(58)31(4)17-15-24-51-45(48)49/h7-11,14,16,18-19,28-29,31,34-38,50H,3,6,12-13,15,17,20-27,46H2,1-2,4-5H3,(H2,47,57)(H,52,58)(H,53,61)(H,54,60)(H,55,59)(H,56,62)(H4,48,49,51)/b14-8-,16-9-,33-28-/t29-,31-,34-,35-,36-,37-,38-/m0/s1. The lowest BCUT2D eigenvalue weighted by molar-refractivity contribution is -0.135. The lowest BCUT2D eigenvalue weighted by atomic mass is 9.97. The van der Waals surface area contributed by atoms with Crippen LogP contribution in [0.5, 0.6) is 0 Å². The molecule has 7 atom stereocenters. The van der Waals surface area contributed by atoms with Crippen molar-refractivity contribution in [3.8, 4) is 0 Å². The molecule has 0 bridgehead atoms. The molecule has 1 heterocycles. The van der Waals surface area contributed by atoms with Crippen molar-refractivity contribution in [3.63, 3.8) is 0 Å². The summed E-state index contributed by atoms with van der Waals surface area (Å²) in [5.74, 6) is -4.01. The first-order valence-electron chi connectivity index (χ1n) is 21.7. The molecule has 1 aromatic carbocycles. The first kappa shape index (κ1) is 53.5. The molecule has 6 amide bonds. The van der Waals surface area contributed by atoms with Crippen LogP contribution in [-0.4, -0.2) is 103 Å². The van der Waals surface area contributed by atoms with E-state index in [4.69, 9.17) is 22.6 Å². The lowest BCUT2D eigenvalue weighted by Crippen LogP contribution is -2.60. The summed E-state index contributed by atoms with van der Waals surface area (Å²) in [6, 6.07) is 3.56. The number of primary amides is 1. The smallest absolute Gasteiger partial charge is 0.243 e. The third-order valence-corrected chi connectivity index (χ3v) is 11.3. The third kappa shape index (κ3) is 20.4. The number of rotatable bonds is 28. The van der Waals surface area contributed by atoms with Crippen LogP contribution in [0.2, 0.25) is 0 Å². The number of nitrogens with two attached hydrogens (primary N) is 3. The SMILES string of the molecule is C=C1/C=C\C=C/CN/C=C\1C[C@H](NC(=O)[C@H](CCCCN)NC(=O)[C@@H](C)CCCNC(=N)N)C(=O)N[C@@H](CCSC)C(=O)N[C@@H](Cc1ccccc1)C(=O)N[C@H](C(N)=O)[C@@H](C)CC. The molecule has 17 nitrogen and oxygen atoms in total. The summed E-state index contributed by atoms with van der Waals surface area (Å²) < 4.78 is 0. The molecule has 0 saturated heterocycles. The van der Waals surface area contributed by atoms with Crippen molar-refractivity contribution in [1.82, 2.24) is 37.2 Å². The molecule has 0 aromatic heterocycles. The molecular weight excluding hydrogens is 823 g/mol. The summed E-state index contributed by atoms with van der Waals surface area (Å²) in [6.45, 7) is 10.9. The van der Waals surface area contributed by atoms with Gasteiger partial charge in [-0.1, -0.05) is 88.4 Å². The maximum absolute atomic E-state index is 14.5. The molecule has 1 aliphatic rings. The van der Waals surface area contributed by atoms with E-state index >= 15 is 0 Å². The number of nitrogens with one attached hydrogen (secondary N) is 8. The minimum atomic E-state index is -1.24. The number of amides is 6. The van der Waals surface area contributed by atoms with Crippen LogP contribution >= 0.6 is 11.8 Å². The van der Waals surface area contributed by atoms with E-state index in [0.29, 0.717) is 68.6 Å². The lowest BCUT2D eigenvalue weighted by Gasteiger charge is -2.28. The highest BCUT2D eigenvalue weighted by molar-refractivity contribution is 7.98. The summed E-state index contributed by atoms with van der Waals surface area (Å²) in [5.41, 5.74) is 18.8. The first-order chi connectivity index (χ1) is 30.1. The van der Waals surface area contributed by atoms with E-state index in [9.17, 15) is 28.8 Å². The molecular formula is C45H71N11O6S. The van der Waals surface area contributed by atoms with E-state index in [2.05, 4.69) is 43.8 Å². The number of benzene rings is 1. The molecule has 2 rings (SSSR count). The molecule has 1 aromatic rings. The number of carbonyl (C=O) groups excluding carboxylic acids is 6. The number of unbranched alkanes of at least 4 members (excludes halogenated alkanes) is 1. The van der Waals surface area contributed by atoms with Gasteiger partial charge in [0.15, 0.2) is 5.96 Å². The highest BCUT2D eigenvalue weighted by Gasteiger charge is 2.34. The molecule has 0 radical (unpaired) electrons. The minimum absolute atomic E-state index is 0.0310. The van der Waals surface area contributed by atoms with Gasteiger partial charge in [-0.05, 0) is 79.7 Å². The monoisotopic (exact) mass is 894 g/mol. The summed E-state index contributed by atoms with van der Waals surface area (Å²) in [7, 11) is 0.